The lowest BCUT2D eigenvalue weighted by Crippen LogP contribution is -2.37. The molecule has 2 aromatic heterocycles. The van der Waals surface area contributed by atoms with Crippen molar-refractivity contribution < 1.29 is 4.79 Å². The van der Waals surface area contributed by atoms with Crippen LogP contribution >= 0.6 is 11.3 Å². The van der Waals surface area contributed by atoms with E-state index in [0.717, 1.165) is 37.2 Å². The number of fused-ring (bicyclic) bond motifs is 1. The molecule has 1 aromatic carbocycles. The van der Waals surface area contributed by atoms with Crippen molar-refractivity contribution in [3.05, 3.63) is 69.8 Å². The highest BCUT2D eigenvalue weighted by Crippen LogP contribution is 2.47. The van der Waals surface area contributed by atoms with Gasteiger partial charge in [-0.15, -0.1) is 11.3 Å². The number of carbonyl (C=O) groups is 1. The molecular formula is C28H33N3OS. The van der Waals surface area contributed by atoms with Gasteiger partial charge in [0.2, 0.25) is 0 Å². The van der Waals surface area contributed by atoms with Crippen molar-refractivity contribution in [3.8, 4) is 11.3 Å². The topological polar surface area (TPSA) is 46.1 Å². The lowest BCUT2D eigenvalue weighted by Gasteiger charge is -2.42. The molecule has 1 amide bonds. The molecule has 2 aliphatic rings. The molecule has 0 spiro atoms. The molecule has 33 heavy (non-hydrogen) atoms. The maximum atomic E-state index is 12.7. The van der Waals surface area contributed by atoms with Gasteiger partial charge in [0, 0.05) is 47.9 Å². The molecule has 0 bridgehead atoms. The number of thiazole rings is 1. The van der Waals surface area contributed by atoms with Gasteiger partial charge in [0.25, 0.3) is 5.91 Å². The minimum absolute atomic E-state index is 0.107. The second kappa shape index (κ2) is 8.35. The normalized spacial score (nSPS) is 19.8. The average molecular weight is 460 g/mol. The Labute approximate surface area is 201 Å². The Morgan fingerprint density at radius 2 is 1.64 bits per heavy atom. The van der Waals surface area contributed by atoms with Gasteiger partial charge in [0.1, 0.15) is 0 Å². The molecule has 1 aliphatic heterocycles. The fraction of sp³-hybridized carbons (Fsp3) is 0.464. The number of pyridine rings is 1. The Morgan fingerprint density at radius 3 is 2.33 bits per heavy atom. The number of hydrogen-bond donors (Lipinski definition) is 0. The van der Waals surface area contributed by atoms with Gasteiger partial charge >= 0.3 is 0 Å². The van der Waals surface area contributed by atoms with Crippen LogP contribution in [0.15, 0.2) is 48.1 Å². The van der Waals surface area contributed by atoms with Gasteiger partial charge in [-0.1, -0.05) is 39.8 Å². The van der Waals surface area contributed by atoms with Crippen LogP contribution in [0.2, 0.25) is 0 Å². The summed E-state index contributed by atoms with van der Waals surface area (Å²) in [5, 5.41) is 3.42. The minimum atomic E-state index is 0.107. The first-order chi connectivity index (χ1) is 15.7. The molecule has 1 aliphatic carbocycles. The highest BCUT2D eigenvalue weighted by atomic mass is 32.1. The number of benzene rings is 1. The van der Waals surface area contributed by atoms with Crippen LogP contribution in [0, 0.1) is 0 Å². The van der Waals surface area contributed by atoms with Crippen molar-refractivity contribution in [2.24, 2.45) is 0 Å². The Bertz CT molecular complexity index is 1160. The number of aromatic nitrogens is 2. The Morgan fingerprint density at radius 1 is 0.970 bits per heavy atom. The standard InChI is InChI=1S/C28H33N3OS/c1-27(2)11-12-28(3,4)23-17-21(5-6-22(23)27)24-18-33-25(30-24)19-9-15-31(16-10-19)26(32)20-7-13-29-14-8-20/h5-8,13-14,17-19H,9-12,15-16H2,1-4H3. The summed E-state index contributed by atoms with van der Waals surface area (Å²) in [7, 11) is 0. The summed E-state index contributed by atoms with van der Waals surface area (Å²) in [5.41, 5.74) is 6.45. The number of carbonyl (C=O) groups excluding carboxylic acids is 1. The number of rotatable bonds is 3. The van der Waals surface area contributed by atoms with Crippen LogP contribution in [-0.2, 0) is 10.8 Å². The van der Waals surface area contributed by atoms with Gasteiger partial charge in [0.15, 0.2) is 0 Å². The fourth-order valence-corrected chi connectivity index (χ4v) is 6.36. The first-order valence-corrected chi connectivity index (χ1v) is 12.9. The van der Waals surface area contributed by atoms with E-state index in [1.807, 2.05) is 4.90 Å². The monoisotopic (exact) mass is 459 g/mol. The molecule has 3 aromatic rings. The smallest absolute Gasteiger partial charge is 0.253 e. The fourth-order valence-electron chi connectivity index (χ4n) is 5.36. The largest absolute Gasteiger partial charge is 0.339 e. The molecule has 0 unspecified atom stereocenters. The van der Waals surface area contributed by atoms with Crippen LogP contribution < -0.4 is 0 Å². The highest BCUT2D eigenvalue weighted by molar-refractivity contribution is 7.10. The zero-order valence-corrected chi connectivity index (χ0v) is 20.9. The minimum Gasteiger partial charge on any atom is -0.339 e. The molecule has 0 atom stereocenters. The molecule has 172 valence electrons. The van der Waals surface area contributed by atoms with Gasteiger partial charge in [0.05, 0.1) is 10.7 Å². The number of nitrogens with zero attached hydrogens (tertiary/aromatic N) is 3. The van der Waals surface area contributed by atoms with Gasteiger partial charge in [-0.3, -0.25) is 9.78 Å². The zero-order chi connectivity index (χ0) is 23.2. The predicted octanol–water partition coefficient (Wildman–Crippen LogP) is 6.57. The molecule has 1 fully saturated rings. The number of piperidine rings is 1. The van der Waals surface area contributed by atoms with Crippen molar-refractivity contribution >= 4 is 17.2 Å². The zero-order valence-electron chi connectivity index (χ0n) is 20.1. The summed E-state index contributed by atoms with van der Waals surface area (Å²) >= 11 is 1.77. The quantitative estimate of drug-likeness (QED) is 0.445. The van der Waals surface area contributed by atoms with E-state index in [2.05, 4.69) is 56.3 Å². The van der Waals surface area contributed by atoms with E-state index < -0.39 is 0 Å². The predicted molar refractivity (Wildman–Crippen MR) is 135 cm³/mol. The summed E-state index contributed by atoms with van der Waals surface area (Å²) < 4.78 is 0. The second-order valence-corrected chi connectivity index (χ2v) is 11.8. The molecule has 0 saturated carbocycles. The maximum absolute atomic E-state index is 12.7. The summed E-state index contributed by atoms with van der Waals surface area (Å²) in [4.78, 5) is 23.8. The Hall–Kier alpha value is -2.53. The van der Waals surface area contributed by atoms with E-state index in [0.29, 0.717) is 5.92 Å². The molecule has 1 saturated heterocycles. The SMILES string of the molecule is CC1(C)CCC(C)(C)c2cc(-c3csc(C4CCN(C(=O)c5ccncc5)CC4)n3)ccc21. The Balaban J connectivity index is 1.31. The van der Waals surface area contributed by atoms with Crippen LogP contribution in [-0.4, -0.2) is 33.9 Å². The molecule has 4 nitrogen and oxygen atoms in total. The highest BCUT2D eigenvalue weighted by Gasteiger charge is 2.37. The van der Waals surface area contributed by atoms with Crippen LogP contribution in [0.25, 0.3) is 11.3 Å². The third-order valence-corrected chi connectivity index (χ3v) is 8.74. The maximum Gasteiger partial charge on any atom is 0.253 e. The van der Waals surface area contributed by atoms with Crippen LogP contribution in [0.1, 0.15) is 85.8 Å². The van der Waals surface area contributed by atoms with Crippen LogP contribution in [0.3, 0.4) is 0 Å². The van der Waals surface area contributed by atoms with E-state index in [4.69, 9.17) is 4.98 Å². The number of amides is 1. The molecule has 3 heterocycles. The third-order valence-electron chi connectivity index (χ3n) is 7.73. The second-order valence-electron chi connectivity index (χ2n) is 10.9. The summed E-state index contributed by atoms with van der Waals surface area (Å²) in [6, 6.07) is 10.6. The van der Waals surface area contributed by atoms with Crippen molar-refractivity contribution in [2.75, 3.05) is 13.1 Å². The van der Waals surface area contributed by atoms with Crippen molar-refractivity contribution in [1.82, 2.24) is 14.9 Å². The van der Waals surface area contributed by atoms with Crippen molar-refractivity contribution in [1.29, 1.82) is 0 Å². The summed E-state index contributed by atoms with van der Waals surface area (Å²) in [6.45, 7) is 11.0. The average Bonchev–Trinajstić information content (AvgIpc) is 3.32. The lowest BCUT2D eigenvalue weighted by atomic mass is 9.63. The Kier molecular flexibility index (Phi) is 5.64. The lowest BCUT2D eigenvalue weighted by molar-refractivity contribution is 0.0713. The summed E-state index contributed by atoms with van der Waals surface area (Å²) in [5.74, 6) is 0.536. The van der Waals surface area contributed by atoms with Crippen LogP contribution in [0.4, 0.5) is 0 Å². The van der Waals surface area contributed by atoms with E-state index in [-0.39, 0.29) is 16.7 Å². The van der Waals surface area contributed by atoms with Gasteiger partial charge < -0.3 is 4.90 Å². The number of likely N-dealkylation sites (tertiary alicyclic amines) is 1. The first kappa shape index (κ1) is 22.3. The van der Waals surface area contributed by atoms with E-state index in [1.54, 1.807) is 35.9 Å². The van der Waals surface area contributed by atoms with Crippen molar-refractivity contribution in [2.45, 2.75) is 70.1 Å². The van der Waals surface area contributed by atoms with Crippen LogP contribution in [0.5, 0.6) is 0 Å². The molecule has 0 radical (unpaired) electrons. The number of hydrogen-bond acceptors (Lipinski definition) is 4. The first-order valence-electron chi connectivity index (χ1n) is 12.0. The van der Waals surface area contributed by atoms with Gasteiger partial charge in [-0.05, 0) is 65.8 Å². The van der Waals surface area contributed by atoms with Gasteiger partial charge in [-0.2, -0.15) is 0 Å². The van der Waals surface area contributed by atoms with Gasteiger partial charge in [-0.25, -0.2) is 4.98 Å². The molecule has 5 rings (SSSR count). The molecular weight excluding hydrogens is 426 g/mol. The van der Waals surface area contributed by atoms with E-state index in [1.165, 1.54) is 34.5 Å². The molecule has 5 heteroatoms. The summed E-state index contributed by atoms with van der Waals surface area (Å²) in [6.07, 6.45) is 7.75. The molecule has 0 N–H and O–H groups in total. The van der Waals surface area contributed by atoms with Crippen molar-refractivity contribution in [3.63, 3.8) is 0 Å². The third kappa shape index (κ3) is 4.23. The van der Waals surface area contributed by atoms with E-state index in [9.17, 15) is 4.79 Å². The van der Waals surface area contributed by atoms with E-state index >= 15 is 0 Å².